The number of piperazine rings is 1. The normalized spacial score (nSPS) is 29.1. The van der Waals surface area contributed by atoms with Gasteiger partial charge in [-0.1, -0.05) is 0 Å². The smallest absolute Gasteiger partial charge is 0.0278 e. The predicted octanol–water partition coefficient (Wildman–Crippen LogP) is 1.42. The molecular formula is C10H22N2S. The van der Waals surface area contributed by atoms with Gasteiger partial charge < -0.3 is 5.32 Å². The summed E-state index contributed by atoms with van der Waals surface area (Å²) >= 11 is 1.94. The molecule has 2 nitrogen and oxygen atoms in total. The van der Waals surface area contributed by atoms with Crippen LogP contribution in [0.2, 0.25) is 0 Å². The fraction of sp³-hybridized carbons (Fsp3) is 1.00. The van der Waals surface area contributed by atoms with Gasteiger partial charge in [0.25, 0.3) is 0 Å². The Bertz CT molecular complexity index is 159. The van der Waals surface area contributed by atoms with Crippen LogP contribution in [-0.2, 0) is 0 Å². The zero-order chi connectivity index (χ0) is 9.90. The van der Waals surface area contributed by atoms with Crippen molar-refractivity contribution in [3.05, 3.63) is 0 Å². The number of nitrogens with zero attached hydrogens (tertiary/aromatic N) is 1. The maximum atomic E-state index is 3.53. The minimum atomic E-state index is 0.336. The van der Waals surface area contributed by atoms with Crippen LogP contribution in [0.4, 0.5) is 0 Å². The van der Waals surface area contributed by atoms with Gasteiger partial charge in [0, 0.05) is 37.0 Å². The maximum absolute atomic E-state index is 3.53. The van der Waals surface area contributed by atoms with Crippen molar-refractivity contribution in [2.24, 2.45) is 0 Å². The summed E-state index contributed by atoms with van der Waals surface area (Å²) in [7, 11) is 0. The van der Waals surface area contributed by atoms with E-state index in [1.807, 2.05) is 11.8 Å². The van der Waals surface area contributed by atoms with Gasteiger partial charge in [0.05, 0.1) is 0 Å². The van der Waals surface area contributed by atoms with E-state index in [2.05, 4.69) is 37.2 Å². The third-order valence-corrected chi connectivity index (χ3v) is 3.39. The van der Waals surface area contributed by atoms with E-state index in [-0.39, 0.29) is 0 Å². The standard InChI is InChI=1S/C10H22N2S/c1-9-7-12(5-6-13-4)10(2,3)8-11-9/h9,11H,5-8H2,1-4H3. The van der Waals surface area contributed by atoms with Gasteiger partial charge >= 0.3 is 0 Å². The molecular weight excluding hydrogens is 180 g/mol. The van der Waals surface area contributed by atoms with Gasteiger partial charge in [-0.2, -0.15) is 11.8 Å². The van der Waals surface area contributed by atoms with E-state index in [0.29, 0.717) is 11.6 Å². The molecule has 0 aromatic rings. The molecule has 1 heterocycles. The highest BCUT2D eigenvalue weighted by atomic mass is 32.2. The van der Waals surface area contributed by atoms with Crippen molar-refractivity contribution in [1.82, 2.24) is 10.2 Å². The average Bonchev–Trinajstić information content (AvgIpc) is 2.07. The third kappa shape index (κ3) is 3.15. The minimum Gasteiger partial charge on any atom is -0.311 e. The Hall–Kier alpha value is 0.270. The van der Waals surface area contributed by atoms with Crippen molar-refractivity contribution in [3.63, 3.8) is 0 Å². The van der Waals surface area contributed by atoms with Crippen molar-refractivity contribution in [2.75, 3.05) is 31.6 Å². The topological polar surface area (TPSA) is 15.3 Å². The van der Waals surface area contributed by atoms with E-state index in [0.717, 1.165) is 6.54 Å². The lowest BCUT2D eigenvalue weighted by Gasteiger charge is -2.45. The second-order valence-electron chi connectivity index (χ2n) is 4.53. The molecule has 0 radical (unpaired) electrons. The van der Waals surface area contributed by atoms with Crippen molar-refractivity contribution < 1.29 is 0 Å². The summed E-state index contributed by atoms with van der Waals surface area (Å²) in [5.74, 6) is 1.25. The summed E-state index contributed by atoms with van der Waals surface area (Å²) in [6.07, 6.45) is 2.18. The van der Waals surface area contributed by atoms with Crippen LogP contribution in [0.3, 0.4) is 0 Å². The van der Waals surface area contributed by atoms with E-state index in [1.165, 1.54) is 18.8 Å². The summed E-state index contributed by atoms with van der Waals surface area (Å²) in [5.41, 5.74) is 0.336. The molecule has 0 aromatic carbocycles. The molecule has 13 heavy (non-hydrogen) atoms. The van der Waals surface area contributed by atoms with Crippen molar-refractivity contribution in [2.45, 2.75) is 32.4 Å². The van der Waals surface area contributed by atoms with Crippen LogP contribution in [0.5, 0.6) is 0 Å². The first-order valence-electron chi connectivity index (χ1n) is 5.03. The molecule has 1 aliphatic heterocycles. The molecule has 0 aliphatic carbocycles. The predicted molar refractivity (Wildman–Crippen MR) is 61.5 cm³/mol. The molecule has 0 spiro atoms. The van der Waals surface area contributed by atoms with Gasteiger partial charge in [0.2, 0.25) is 0 Å². The summed E-state index contributed by atoms with van der Waals surface area (Å²) in [6, 6.07) is 0.648. The number of nitrogens with one attached hydrogen (secondary N) is 1. The molecule has 3 heteroatoms. The Balaban J connectivity index is 2.46. The second-order valence-corrected chi connectivity index (χ2v) is 5.52. The lowest BCUT2D eigenvalue weighted by Crippen LogP contribution is -2.61. The number of hydrogen-bond donors (Lipinski definition) is 1. The first kappa shape index (κ1) is 11.3. The molecule has 0 bridgehead atoms. The summed E-state index contributed by atoms with van der Waals surface area (Å²) < 4.78 is 0. The maximum Gasteiger partial charge on any atom is 0.0278 e. The van der Waals surface area contributed by atoms with Crippen LogP contribution in [0, 0.1) is 0 Å². The fourth-order valence-electron chi connectivity index (χ4n) is 1.77. The highest BCUT2D eigenvalue weighted by Gasteiger charge is 2.31. The third-order valence-electron chi connectivity index (χ3n) is 2.80. The molecule has 1 atom stereocenters. The zero-order valence-corrected chi connectivity index (χ0v) is 10.1. The van der Waals surface area contributed by atoms with Gasteiger partial charge in [-0.05, 0) is 27.0 Å². The van der Waals surface area contributed by atoms with Crippen LogP contribution < -0.4 is 5.32 Å². The number of hydrogen-bond acceptors (Lipinski definition) is 3. The highest BCUT2D eigenvalue weighted by Crippen LogP contribution is 2.18. The van der Waals surface area contributed by atoms with Crippen molar-refractivity contribution in [3.8, 4) is 0 Å². The first-order valence-corrected chi connectivity index (χ1v) is 6.43. The summed E-state index contributed by atoms with van der Waals surface area (Å²) in [6.45, 7) is 10.4. The van der Waals surface area contributed by atoms with Crippen LogP contribution in [0.1, 0.15) is 20.8 Å². The van der Waals surface area contributed by atoms with Crippen LogP contribution >= 0.6 is 11.8 Å². The molecule has 1 aliphatic rings. The minimum absolute atomic E-state index is 0.336. The fourth-order valence-corrected chi connectivity index (χ4v) is 2.18. The molecule has 78 valence electrons. The van der Waals surface area contributed by atoms with E-state index in [1.54, 1.807) is 0 Å². The van der Waals surface area contributed by atoms with Gasteiger partial charge in [-0.25, -0.2) is 0 Å². The largest absolute Gasteiger partial charge is 0.311 e. The molecule has 1 unspecified atom stereocenters. The quantitative estimate of drug-likeness (QED) is 0.745. The molecule has 0 aromatic heterocycles. The van der Waals surface area contributed by atoms with Crippen LogP contribution in [0.25, 0.3) is 0 Å². The second kappa shape index (κ2) is 4.67. The molecule has 0 amide bonds. The van der Waals surface area contributed by atoms with Crippen LogP contribution in [0.15, 0.2) is 0 Å². The zero-order valence-electron chi connectivity index (χ0n) is 9.26. The number of rotatable bonds is 3. The molecule has 1 N–H and O–H groups in total. The van der Waals surface area contributed by atoms with Crippen molar-refractivity contribution in [1.29, 1.82) is 0 Å². The monoisotopic (exact) mass is 202 g/mol. The Morgan fingerprint density at radius 1 is 1.54 bits per heavy atom. The van der Waals surface area contributed by atoms with Gasteiger partial charge in [-0.15, -0.1) is 0 Å². The SMILES string of the molecule is CSCCN1CC(C)NCC1(C)C. The molecule has 0 saturated carbocycles. The molecule has 1 saturated heterocycles. The lowest BCUT2D eigenvalue weighted by atomic mass is 9.98. The van der Waals surface area contributed by atoms with Gasteiger partial charge in [0.1, 0.15) is 0 Å². The summed E-state index contributed by atoms with van der Waals surface area (Å²) in [4.78, 5) is 2.60. The molecule has 1 rings (SSSR count). The van der Waals surface area contributed by atoms with Gasteiger partial charge in [0.15, 0.2) is 0 Å². The van der Waals surface area contributed by atoms with E-state index < -0.39 is 0 Å². The van der Waals surface area contributed by atoms with Gasteiger partial charge in [-0.3, -0.25) is 4.90 Å². The Morgan fingerprint density at radius 2 is 2.23 bits per heavy atom. The average molecular weight is 202 g/mol. The lowest BCUT2D eigenvalue weighted by molar-refractivity contribution is 0.0774. The first-order chi connectivity index (χ1) is 6.06. The van der Waals surface area contributed by atoms with Crippen LogP contribution in [-0.4, -0.2) is 48.1 Å². The van der Waals surface area contributed by atoms with E-state index >= 15 is 0 Å². The Morgan fingerprint density at radius 3 is 2.85 bits per heavy atom. The van der Waals surface area contributed by atoms with E-state index in [9.17, 15) is 0 Å². The number of thioether (sulfide) groups is 1. The molecule has 1 fully saturated rings. The highest BCUT2D eigenvalue weighted by molar-refractivity contribution is 7.98. The Kier molecular flexibility index (Phi) is 4.07. The summed E-state index contributed by atoms with van der Waals surface area (Å²) in [5, 5.41) is 3.53. The Labute approximate surface area is 86.5 Å². The van der Waals surface area contributed by atoms with Crippen molar-refractivity contribution >= 4 is 11.8 Å². The van der Waals surface area contributed by atoms with E-state index in [4.69, 9.17) is 0 Å².